The molecule has 0 radical (unpaired) electrons. The van der Waals surface area contributed by atoms with Gasteiger partial charge in [-0.1, -0.05) is 0 Å². The summed E-state index contributed by atoms with van der Waals surface area (Å²) < 4.78 is 0. The molecule has 19 heavy (non-hydrogen) atoms. The van der Waals surface area contributed by atoms with E-state index in [1.807, 2.05) is 0 Å². The summed E-state index contributed by atoms with van der Waals surface area (Å²) in [5.74, 6) is 1.74. The van der Waals surface area contributed by atoms with E-state index in [2.05, 4.69) is 15.5 Å². The number of hydrogen-bond donors (Lipinski definition) is 2. The fourth-order valence-corrected chi connectivity index (χ4v) is 3.24. The number of carbonyl (C=O) groups is 1. The van der Waals surface area contributed by atoms with Crippen molar-refractivity contribution in [2.75, 3.05) is 39.3 Å². The number of piperidine rings is 2. The van der Waals surface area contributed by atoms with Gasteiger partial charge in [-0.25, -0.2) is 0 Å². The molecule has 2 fully saturated rings. The quantitative estimate of drug-likeness (QED) is 0.787. The Morgan fingerprint density at radius 1 is 1.16 bits per heavy atom. The Labute approximate surface area is 117 Å². The van der Waals surface area contributed by atoms with Crippen LogP contribution < -0.4 is 10.6 Å². The average molecular weight is 267 g/mol. The van der Waals surface area contributed by atoms with Crippen LogP contribution in [0.15, 0.2) is 0 Å². The van der Waals surface area contributed by atoms with E-state index in [-0.39, 0.29) is 5.91 Å². The van der Waals surface area contributed by atoms with E-state index in [9.17, 15) is 4.79 Å². The molecule has 0 spiro atoms. The van der Waals surface area contributed by atoms with E-state index in [0.29, 0.717) is 5.92 Å². The predicted molar refractivity (Wildman–Crippen MR) is 78.1 cm³/mol. The minimum atomic E-state index is 0.105. The van der Waals surface area contributed by atoms with Crippen LogP contribution in [-0.2, 0) is 4.79 Å². The molecule has 2 saturated heterocycles. The summed E-state index contributed by atoms with van der Waals surface area (Å²) >= 11 is 0. The van der Waals surface area contributed by atoms with Crippen LogP contribution in [0.2, 0.25) is 0 Å². The molecule has 0 atom stereocenters. The first-order chi connectivity index (χ1) is 9.24. The summed E-state index contributed by atoms with van der Waals surface area (Å²) in [5, 5.41) is 6.38. The second kappa shape index (κ2) is 7.85. The third-order valence-corrected chi connectivity index (χ3v) is 4.66. The van der Waals surface area contributed by atoms with Gasteiger partial charge >= 0.3 is 0 Å². The second-order valence-electron chi connectivity index (χ2n) is 6.20. The number of rotatable bonds is 5. The zero-order chi connectivity index (χ0) is 13.5. The lowest BCUT2D eigenvalue weighted by Crippen LogP contribution is -2.39. The largest absolute Gasteiger partial charge is 0.356 e. The molecule has 0 aliphatic carbocycles. The van der Waals surface area contributed by atoms with Gasteiger partial charge in [0.2, 0.25) is 5.91 Å². The number of hydrogen-bond acceptors (Lipinski definition) is 3. The molecule has 2 rings (SSSR count). The van der Waals surface area contributed by atoms with Gasteiger partial charge in [0.15, 0.2) is 0 Å². The van der Waals surface area contributed by atoms with Crippen LogP contribution in [0.3, 0.4) is 0 Å². The van der Waals surface area contributed by atoms with Crippen molar-refractivity contribution in [1.29, 1.82) is 0 Å². The molecule has 4 nitrogen and oxygen atoms in total. The highest BCUT2D eigenvalue weighted by Gasteiger charge is 2.20. The van der Waals surface area contributed by atoms with Gasteiger partial charge in [0.25, 0.3) is 0 Å². The summed E-state index contributed by atoms with van der Waals surface area (Å²) in [6, 6.07) is 0. The van der Waals surface area contributed by atoms with Crippen molar-refractivity contribution in [3.8, 4) is 0 Å². The number of amides is 1. The van der Waals surface area contributed by atoms with Crippen molar-refractivity contribution in [3.05, 3.63) is 0 Å². The minimum Gasteiger partial charge on any atom is -0.356 e. The fourth-order valence-electron chi connectivity index (χ4n) is 3.24. The van der Waals surface area contributed by atoms with E-state index in [1.165, 1.54) is 64.8 Å². The van der Waals surface area contributed by atoms with E-state index < -0.39 is 0 Å². The Balaban J connectivity index is 1.56. The van der Waals surface area contributed by atoms with Gasteiger partial charge < -0.3 is 15.5 Å². The highest BCUT2D eigenvalue weighted by Crippen LogP contribution is 2.20. The van der Waals surface area contributed by atoms with Crippen LogP contribution in [-0.4, -0.2) is 50.1 Å². The van der Waals surface area contributed by atoms with Gasteiger partial charge in [-0.3, -0.25) is 4.79 Å². The van der Waals surface area contributed by atoms with Gasteiger partial charge in [-0.2, -0.15) is 0 Å². The molecule has 0 bridgehead atoms. The number of nitrogens with zero attached hydrogens (tertiary/aromatic N) is 1. The SMILES string of the molecule is CC(=O)NCC1CCN(CCC2CCNCC2)CC1. The van der Waals surface area contributed by atoms with Crippen LogP contribution >= 0.6 is 0 Å². The minimum absolute atomic E-state index is 0.105. The van der Waals surface area contributed by atoms with Crippen LogP contribution in [0, 0.1) is 11.8 Å². The zero-order valence-corrected chi connectivity index (χ0v) is 12.3. The normalized spacial score (nSPS) is 23.4. The number of carbonyl (C=O) groups excluding carboxylic acids is 1. The van der Waals surface area contributed by atoms with Crippen LogP contribution in [0.5, 0.6) is 0 Å². The first kappa shape index (κ1) is 14.8. The molecular formula is C15H29N3O. The van der Waals surface area contributed by atoms with E-state index >= 15 is 0 Å². The molecule has 0 aromatic heterocycles. The van der Waals surface area contributed by atoms with Crippen LogP contribution in [0.4, 0.5) is 0 Å². The van der Waals surface area contributed by atoms with Gasteiger partial charge in [-0.15, -0.1) is 0 Å². The zero-order valence-electron chi connectivity index (χ0n) is 12.3. The topological polar surface area (TPSA) is 44.4 Å². The molecule has 4 heteroatoms. The standard InChI is InChI=1S/C15H29N3O/c1-13(19)17-12-15-5-10-18(11-6-15)9-4-14-2-7-16-8-3-14/h14-16H,2-12H2,1H3,(H,17,19). The van der Waals surface area contributed by atoms with Crippen molar-refractivity contribution >= 4 is 5.91 Å². The van der Waals surface area contributed by atoms with Gasteiger partial charge in [0, 0.05) is 13.5 Å². The second-order valence-corrected chi connectivity index (χ2v) is 6.20. The Morgan fingerprint density at radius 3 is 2.47 bits per heavy atom. The van der Waals surface area contributed by atoms with Gasteiger partial charge in [0.05, 0.1) is 0 Å². The Kier molecular flexibility index (Phi) is 6.11. The Morgan fingerprint density at radius 2 is 1.84 bits per heavy atom. The first-order valence-corrected chi connectivity index (χ1v) is 7.91. The highest BCUT2D eigenvalue weighted by atomic mass is 16.1. The van der Waals surface area contributed by atoms with Crippen molar-refractivity contribution in [1.82, 2.24) is 15.5 Å². The maximum absolute atomic E-state index is 10.9. The lowest BCUT2D eigenvalue weighted by molar-refractivity contribution is -0.119. The van der Waals surface area contributed by atoms with Crippen molar-refractivity contribution < 1.29 is 4.79 Å². The summed E-state index contributed by atoms with van der Waals surface area (Å²) in [7, 11) is 0. The molecule has 0 aromatic carbocycles. The average Bonchev–Trinajstić information content (AvgIpc) is 2.45. The third kappa shape index (κ3) is 5.49. The predicted octanol–water partition coefficient (Wildman–Crippen LogP) is 1.22. The van der Waals surface area contributed by atoms with Crippen LogP contribution in [0.1, 0.15) is 39.0 Å². The van der Waals surface area contributed by atoms with Crippen molar-refractivity contribution in [2.45, 2.75) is 39.0 Å². The van der Waals surface area contributed by atoms with Crippen molar-refractivity contribution in [3.63, 3.8) is 0 Å². The fraction of sp³-hybridized carbons (Fsp3) is 0.933. The molecule has 0 aromatic rings. The summed E-state index contributed by atoms with van der Waals surface area (Å²) in [5.41, 5.74) is 0. The molecule has 0 unspecified atom stereocenters. The summed E-state index contributed by atoms with van der Waals surface area (Å²) in [6.07, 6.45) is 6.58. The number of likely N-dealkylation sites (tertiary alicyclic amines) is 1. The summed E-state index contributed by atoms with van der Waals surface area (Å²) in [4.78, 5) is 13.5. The molecule has 110 valence electrons. The maximum Gasteiger partial charge on any atom is 0.216 e. The molecule has 1 amide bonds. The van der Waals surface area contributed by atoms with Crippen LogP contribution in [0.25, 0.3) is 0 Å². The molecule has 2 heterocycles. The third-order valence-electron chi connectivity index (χ3n) is 4.66. The molecular weight excluding hydrogens is 238 g/mol. The maximum atomic E-state index is 10.9. The number of nitrogens with one attached hydrogen (secondary N) is 2. The van der Waals surface area contributed by atoms with Gasteiger partial charge in [0.1, 0.15) is 0 Å². The van der Waals surface area contributed by atoms with E-state index in [4.69, 9.17) is 0 Å². The molecule has 0 saturated carbocycles. The lowest BCUT2D eigenvalue weighted by atomic mass is 9.93. The van der Waals surface area contributed by atoms with Gasteiger partial charge in [-0.05, 0) is 76.7 Å². The smallest absolute Gasteiger partial charge is 0.216 e. The van der Waals surface area contributed by atoms with Crippen molar-refractivity contribution in [2.24, 2.45) is 11.8 Å². The molecule has 2 aliphatic heterocycles. The Hall–Kier alpha value is -0.610. The Bertz CT molecular complexity index is 269. The highest BCUT2D eigenvalue weighted by molar-refractivity contribution is 5.72. The lowest BCUT2D eigenvalue weighted by Gasteiger charge is -2.33. The van der Waals surface area contributed by atoms with E-state index in [0.717, 1.165) is 12.5 Å². The molecule has 2 N–H and O–H groups in total. The monoisotopic (exact) mass is 267 g/mol. The first-order valence-electron chi connectivity index (χ1n) is 7.91. The summed E-state index contributed by atoms with van der Waals surface area (Å²) in [6.45, 7) is 8.61. The molecule has 2 aliphatic rings. The van der Waals surface area contributed by atoms with E-state index in [1.54, 1.807) is 6.92 Å².